The molecule has 0 bridgehead atoms. The largest absolute Gasteiger partial charge is 0.325 e. The summed E-state index contributed by atoms with van der Waals surface area (Å²) in [7, 11) is 0. The molecule has 7 nitrogen and oxygen atoms in total. The third-order valence-electron chi connectivity index (χ3n) is 5.05. The maximum Gasteiger partial charge on any atom is 0.258 e. The number of aromatic nitrogens is 4. The summed E-state index contributed by atoms with van der Waals surface area (Å²) in [5.41, 5.74) is 3.36. The third kappa shape index (κ3) is 3.83. The molecule has 150 valence electrons. The molecule has 2 aromatic heterocycles. The number of carbonyl (C=O) groups excluding carboxylic acids is 1. The van der Waals surface area contributed by atoms with Gasteiger partial charge in [0.25, 0.3) is 5.56 Å². The number of amides is 1. The van der Waals surface area contributed by atoms with Gasteiger partial charge in [0.15, 0.2) is 0 Å². The van der Waals surface area contributed by atoms with Crippen LogP contribution < -0.4 is 10.9 Å². The average molecular weight is 395 g/mol. The van der Waals surface area contributed by atoms with Gasteiger partial charge in [-0.25, -0.2) is 14.1 Å². The van der Waals surface area contributed by atoms with Crippen LogP contribution >= 0.6 is 0 Å². The van der Waals surface area contributed by atoms with E-state index in [1.807, 2.05) is 19.9 Å². The highest BCUT2D eigenvalue weighted by Crippen LogP contribution is 2.19. The van der Waals surface area contributed by atoms with Crippen molar-refractivity contribution in [2.24, 2.45) is 0 Å². The number of benzene rings is 1. The van der Waals surface area contributed by atoms with Crippen molar-refractivity contribution in [1.29, 1.82) is 0 Å². The topological polar surface area (TPSA) is 81.8 Å². The predicted molar refractivity (Wildman–Crippen MR) is 107 cm³/mol. The number of halogens is 1. The highest BCUT2D eigenvalue weighted by molar-refractivity contribution is 5.90. The fourth-order valence-electron chi connectivity index (χ4n) is 3.69. The zero-order valence-corrected chi connectivity index (χ0v) is 16.4. The minimum absolute atomic E-state index is 0.202. The second kappa shape index (κ2) is 7.62. The van der Waals surface area contributed by atoms with Gasteiger partial charge in [0, 0.05) is 16.9 Å². The van der Waals surface area contributed by atoms with Crippen LogP contribution in [0.3, 0.4) is 0 Å². The van der Waals surface area contributed by atoms with Gasteiger partial charge >= 0.3 is 0 Å². The highest BCUT2D eigenvalue weighted by atomic mass is 19.1. The second-order valence-electron chi connectivity index (χ2n) is 7.33. The molecular formula is C21H22FN5O2. The number of fused-ring (bicyclic) bond motifs is 1. The monoisotopic (exact) mass is 395 g/mol. The Morgan fingerprint density at radius 1 is 1.17 bits per heavy atom. The van der Waals surface area contributed by atoms with Gasteiger partial charge in [-0.2, -0.15) is 5.10 Å². The van der Waals surface area contributed by atoms with Crippen LogP contribution in [-0.2, 0) is 24.2 Å². The number of hydrogen-bond donors (Lipinski definition) is 1. The second-order valence-corrected chi connectivity index (χ2v) is 7.33. The predicted octanol–water partition coefficient (Wildman–Crippen LogP) is 2.70. The van der Waals surface area contributed by atoms with Crippen molar-refractivity contribution in [3.05, 3.63) is 69.1 Å². The fraction of sp³-hybridized carbons (Fsp3) is 0.333. The van der Waals surface area contributed by atoms with Crippen molar-refractivity contribution in [2.75, 3.05) is 5.32 Å². The van der Waals surface area contributed by atoms with E-state index < -0.39 is 0 Å². The Labute approximate surface area is 167 Å². The van der Waals surface area contributed by atoms with Crippen molar-refractivity contribution in [2.45, 2.75) is 46.1 Å². The van der Waals surface area contributed by atoms with E-state index in [2.05, 4.69) is 10.4 Å². The Morgan fingerprint density at radius 2 is 1.90 bits per heavy atom. The Hall–Kier alpha value is -3.29. The van der Waals surface area contributed by atoms with Crippen molar-refractivity contribution in [1.82, 2.24) is 19.3 Å². The van der Waals surface area contributed by atoms with Gasteiger partial charge in [0.05, 0.1) is 11.4 Å². The van der Waals surface area contributed by atoms with Gasteiger partial charge < -0.3 is 5.32 Å². The zero-order chi connectivity index (χ0) is 20.5. The number of carbonyl (C=O) groups is 1. The van der Waals surface area contributed by atoms with E-state index in [1.165, 1.54) is 28.8 Å². The van der Waals surface area contributed by atoms with Gasteiger partial charge in [-0.3, -0.25) is 14.2 Å². The van der Waals surface area contributed by atoms with Crippen molar-refractivity contribution in [3.8, 4) is 5.95 Å². The first kappa shape index (κ1) is 19.0. The maximum absolute atomic E-state index is 13.2. The minimum Gasteiger partial charge on any atom is -0.325 e. The van der Waals surface area contributed by atoms with Crippen LogP contribution in [0.1, 0.15) is 35.5 Å². The molecule has 0 saturated heterocycles. The number of aryl methyl sites for hydroxylation is 3. The highest BCUT2D eigenvalue weighted by Gasteiger charge is 2.22. The zero-order valence-electron chi connectivity index (χ0n) is 16.4. The molecule has 2 heterocycles. The summed E-state index contributed by atoms with van der Waals surface area (Å²) in [6.45, 7) is 3.55. The van der Waals surface area contributed by atoms with E-state index >= 15 is 0 Å². The van der Waals surface area contributed by atoms with Crippen LogP contribution in [0.25, 0.3) is 5.95 Å². The lowest BCUT2D eigenvalue weighted by molar-refractivity contribution is -0.116. The summed E-state index contributed by atoms with van der Waals surface area (Å²) < 4.78 is 16.1. The summed E-state index contributed by atoms with van der Waals surface area (Å²) in [4.78, 5) is 30.6. The number of anilines is 1. The van der Waals surface area contributed by atoms with E-state index in [9.17, 15) is 14.0 Å². The first-order valence-corrected chi connectivity index (χ1v) is 9.64. The lowest BCUT2D eigenvalue weighted by Gasteiger charge is -2.20. The number of nitrogens with zero attached hydrogens (tertiary/aromatic N) is 4. The van der Waals surface area contributed by atoms with Crippen LogP contribution in [0.15, 0.2) is 35.1 Å². The van der Waals surface area contributed by atoms with E-state index in [0.717, 1.165) is 36.3 Å². The molecule has 29 heavy (non-hydrogen) atoms. The van der Waals surface area contributed by atoms with Gasteiger partial charge in [-0.05, 0) is 69.9 Å². The molecule has 3 aromatic rings. The lowest BCUT2D eigenvalue weighted by atomic mass is 9.97. The molecule has 0 radical (unpaired) electrons. The first-order valence-electron chi connectivity index (χ1n) is 9.64. The summed E-state index contributed by atoms with van der Waals surface area (Å²) in [6.07, 6.45) is 3.34. The van der Waals surface area contributed by atoms with Crippen LogP contribution in [-0.4, -0.2) is 25.2 Å². The Bertz CT molecular complexity index is 1130. The van der Waals surface area contributed by atoms with Gasteiger partial charge in [0.2, 0.25) is 11.9 Å². The van der Waals surface area contributed by atoms with Crippen LogP contribution in [0.4, 0.5) is 10.1 Å². The maximum atomic E-state index is 13.2. The summed E-state index contributed by atoms with van der Waals surface area (Å²) in [6, 6.07) is 7.38. The van der Waals surface area contributed by atoms with Gasteiger partial charge in [-0.1, -0.05) is 0 Å². The molecule has 0 unspecified atom stereocenters. The molecule has 1 aromatic carbocycles. The average Bonchev–Trinajstić information content (AvgIpc) is 3.03. The molecule has 1 aliphatic carbocycles. The summed E-state index contributed by atoms with van der Waals surface area (Å²) in [5.74, 6) is -0.431. The molecule has 8 heteroatoms. The number of nitrogens with one attached hydrogen (secondary N) is 1. The molecule has 1 N–H and O–H groups in total. The molecule has 0 atom stereocenters. The van der Waals surface area contributed by atoms with Crippen molar-refractivity contribution >= 4 is 11.6 Å². The van der Waals surface area contributed by atoms with E-state index in [0.29, 0.717) is 23.6 Å². The minimum atomic E-state index is -0.390. The molecule has 4 rings (SSSR count). The summed E-state index contributed by atoms with van der Waals surface area (Å²) in [5, 5.41) is 7.15. The first-order chi connectivity index (χ1) is 13.9. The third-order valence-corrected chi connectivity index (χ3v) is 5.05. The molecule has 1 amide bonds. The lowest BCUT2D eigenvalue weighted by Crippen LogP contribution is -2.35. The van der Waals surface area contributed by atoms with Crippen molar-refractivity contribution < 1.29 is 9.18 Å². The van der Waals surface area contributed by atoms with Crippen LogP contribution in [0, 0.1) is 19.7 Å². The Kier molecular flexibility index (Phi) is 5.00. The SMILES string of the molecule is Cc1cc(C)n(-c2nc3c(c(=O)n2CC(=O)Nc2ccc(F)cc2)CCCC3)n1. The number of hydrogen-bond acceptors (Lipinski definition) is 4. The van der Waals surface area contributed by atoms with Crippen LogP contribution in [0.2, 0.25) is 0 Å². The molecule has 0 saturated carbocycles. The molecule has 0 fully saturated rings. The fourth-order valence-corrected chi connectivity index (χ4v) is 3.69. The Balaban J connectivity index is 1.74. The molecular weight excluding hydrogens is 373 g/mol. The standard InChI is InChI=1S/C21H22FN5O2/c1-13-11-14(2)27(25-13)21-24-18-6-4-3-5-17(18)20(29)26(21)12-19(28)23-16-9-7-15(22)8-10-16/h7-11H,3-6,12H2,1-2H3,(H,23,28). The quantitative estimate of drug-likeness (QED) is 0.736. The smallest absolute Gasteiger partial charge is 0.258 e. The van der Waals surface area contributed by atoms with Crippen LogP contribution in [0.5, 0.6) is 0 Å². The van der Waals surface area contributed by atoms with E-state index in [-0.39, 0.29) is 23.8 Å². The normalized spacial score (nSPS) is 13.2. The molecule has 1 aliphatic rings. The van der Waals surface area contributed by atoms with E-state index in [1.54, 1.807) is 4.68 Å². The summed E-state index contributed by atoms with van der Waals surface area (Å²) >= 11 is 0. The number of rotatable bonds is 4. The molecule has 0 spiro atoms. The van der Waals surface area contributed by atoms with Crippen molar-refractivity contribution in [3.63, 3.8) is 0 Å². The van der Waals surface area contributed by atoms with Gasteiger partial charge in [0.1, 0.15) is 12.4 Å². The van der Waals surface area contributed by atoms with Gasteiger partial charge in [-0.15, -0.1) is 0 Å². The van der Waals surface area contributed by atoms with E-state index in [4.69, 9.17) is 4.98 Å². The molecule has 0 aliphatic heterocycles. The Morgan fingerprint density at radius 3 is 2.59 bits per heavy atom.